The number of hydrogen-bond acceptors (Lipinski definition) is 6. The van der Waals surface area contributed by atoms with Crippen molar-refractivity contribution < 1.29 is 23.9 Å². The molecule has 6 nitrogen and oxygen atoms in total. The van der Waals surface area contributed by atoms with E-state index in [4.69, 9.17) is 4.74 Å². The number of nitrogens with zero attached hydrogens (tertiary/aromatic N) is 1. The molecule has 0 spiro atoms. The number of ether oxygens (including phenoxy) is 2. The molecule has 2 aliphatic rings. The van der Waals surface area contributed by atoms with Crippen molar-refractivity contribution in [3.8, 4) is 0 Å². The van der Waals surface area contributed by atoms with E-state index in [0.29, 0.717) is 0 Å². The maximum absolute atomic E-state index is 12.3. The second-order valence-electron chi connectivity index (χ2n) is 6.12. The van der Waals surface area contributed by atoms with Crippen LogP contribution in [-0.2, 0) is 23.9 Å². The van der Waals surface area contributed by atoms with E-state index in [1.807, 2.05) is 6.92 Å². The molecular formula is C16H23NO5. The van der Waals surface area contributed by atoms with Gasteiger partial charge in [0.15, 0.2) is 0 Å². The lowest BCUT2D eigenvalue weighted by Gasteiger charge is -2.35. The summed E-state index contributed by atoms with van der Waals surface area (Å²) in [5.41, 5.74) is -0.681. The molecule has 0 N–H and O–H groups in total. The van der Waals surface area contributed by atoms with E-state index in [1.165, 1.54) is 27.2 Å². The van der Waals surface area contributed by atoms with Crippen molar-refractivity contribution in [2.75, 3.05) is 20.8 Å². The van der Waals surface area contributed by atoms with Crippen LogP contribution in [0, 0.1) is 11.8 Å². The number of hydrogen-bond donors (Lipinski definition) is 0. The number of carbonyl (C=O) groups excluding carboxylic acids is 3. The fourth-order valence-corrected chi connectivity index (χ4v) is 4.13. The molecule has 0 bridgehead atoms. The first kappa shape index (κ1) is 16.7. The van der Waals surface area contributed by atoms with Crippen LogP contribution in [0.4, 0.5) is 0 Å². The summed E-state index contributed by atoms with van der Waals surface area (Å²) in [5, 5.41) is 0. The Labute approximate surface area is 130 Å². The van der Waals surface area contributed by atoms with Crippen molar-refractivity contribution in [3.05, 3.63) is 12.2 Å². The van der Waals surface area contributed by atoms with E-state index in [1.54, 1.807) is 6.08 Å². The minimum atomic E-state index is -0.681. The van der Waals surface area contributed by atoms with Crippen LogP contribution < -0.4 is 0 Å². The van der Waals surface area contributed by atoms with Crippen molar-refractivity contribution in [2.45, 2.75) is 38.3 Å². The summed E-state index contributed by atoms with van der Waals surface area (Å²) in [6.07, 6.45) is 4.85. The quantitative estimate of drug-likeness (QED) is 0.568. The fourth-order valence-electron chi connectivity index (χ4n) is 4.13. The number of Topliss-reactive ketones (excluding diaryl/α,β-unsaturated/α-hetero) is 1. The summed E-state index contributed by atoms with van der Waals surface area (Å²) in [6, 6.07) is -0.0198. The molecule has 0 amide bonds. The van der Waals surface area contributed by atoms with E-state index in [2.05, 4.69) is 9.64 Å². The zero-order chi connectivity index (χ0) is 16.5. The molecule has 0 aromatic heterocycles. The third kappa shape index (κ3) is 2.56. The molecule has 4 atom stereocenters. The number of fused-ring (bicyclic) bond motifs is 1. The van der Waals surface area contributed by atoms with Crippen LogP contribution in [-0.4, -0.2) is 55.0 Å². The molecule has 6 heteroatoms. The summed E-state index contributed by atoms with van der Waals surface area (Å²) in [4.78, 5) is 38.1. The Morgan fingerprint density at radius 3 is 2.45 bits per heavy atom. The van der Waals surface area contributed by atoms with Gasteiger partial charge in [0.05, 0.1) is 26.1 Å². The summed E-state index contributed by atoms with van der Waals surface area (Å²) >= 11 is 0. The second-order valence-corrected chi connectivity index (χ2v) is 6.12. The average Bonchev–Trinajstić information content (AvgIpc) is 3.05. The summed E-state index contributed by atoms with van der Waals surface area (Å²) < 4.78 is 9.57. The first-order valence-electron chi connectivity index (χ1n) is 7.49. The zero-order valence-corrected chi connectivity index (χ0v) is 13.5. The van der Waals surface area contributed by atoms with Gasteiger partial charge in [-0.1, -0.05) is 6.08 Å². The minimum absolute atomic E-state index is 0.0198. The van der Waals surface area contributed by atoms with Gasteiger partial charge in [-0.3, -0.25) is 14.5 Å². The van der Waals surface area contributed by atoms with Gasteiger partial charge >= 0.3 is 11.9 Å². The smallest absolute Gasteiger partial charge is 0.330 e. The van der Waals surface area contributed by atoms with E-state index < -0.39 is 23.3 Å². The van der Waals surface area contributed by atoms with Crippen molar-refractivity contribution in [2.24, 2.45) is 11.8 Å². The topological polar surface area (TPSA) is 72.9 Å². The molecular weight excluding hydrogens is 286 g/mol. The van der Waals surface area contributed by atoms with Crippen molar-refractivity contribution in [1.82, 2.24) is 4.90 Å². The van der Waals surface area contributed by atoms with Crippen molar-refractivity contribution >= 4 is 17.7 Å². The number of rotatable bonds is 4. The van der Waals surface area contributed by atoms with Crippen LogP contribution in [0.1, 0.15) is 26.7 Å². The van der Waals surface area contributed by atoms with Gasteiger partial charge in [0.2, 0.25) is 0 Å². The normalized spacial score (nSPS) is 34.6. The number of carbonyl (C=O) groups is 3. The number of esters is 2. The lowest BCUT2D eigenvalue weighted by atomic mass is 9.76. The summed E-state index contributed by atoms with van der Waals surface area (Å²) in [6.45, 7) is 4.19. The average molecular weight is 309 g/mol. The Morgan fingerprint density at radius 2 is 1.91 bits per heavy atom. The number of methoxy groups -OCH3 is 2. The molecule has 0 radical (unpaired) electrons. The van der Waals surface area contributed by atoms with Crippen LogP contribution >= 0.6 is 0 Å². The minimum Gasteiger partial charge on any atom is -0.469 e. The largest absolute Gasteiger partial charge is 0.469 e. The molecule has 122 valence electrons. The highest BCUT2D eigenvalue weighted by atomic mass is 16.5. The molecule has 0 aromatic carbocycles. The van der Waals surface area contributed by atoms with Crippen LogP contribution in [0.25, 0.3) is 0 Å². The first-order chi connectivity index (χ1) is 10.4. The van der Waals surface area contributed by atoms with Gasteiger partial charge in [-0.2, -0.15) is 0 Å². The highest BCUT2D eigenvalue weighted by Gasteiger charge is 2.60. The molecule has 2 aliphatic heterocycles. The first-order valence-corrected chi connectivity index (χ1v) is 7.49. The van der Waals surface area contributed by atoms with Gasteiger partial charge in [-0.25, -0.2) is 4.79 Å². The fraction of sp³-hybridized carbons (Fsp3) is 0.688. The Balaban J connectivity index is 2.45. The predicted molar refractivity (Wildman–Crippen MR) is 79.0 cm³/mol. The van der Waals surface area contributed by atoms with Gasteiger partial charge in [-0.05, 0) is 33.2 Å². The lowest BCUT2D eigenvalue weighted by Crippen LogP contribution is -2.46. The van der Waals surface area contributed by atoms with Crippen LogP contribution in [0.3, 0.4) is 0 Å². The van der Waals surface area contributed by atoms with E-state index in [-0.39, 0.29) is 17.8 Å². The molecule has 2 heterocycles. The monoisotopic (exact) mass is 309 g/mol. The Hall–Kier alpha value is -1.69. The Bertz CT molecular complexity index is 515. The summed E-state index contributed by atoms with van der Waals surface area (Å²) in [5.74, 6) is -1.90. The molecule has 0 aromatic rings. The predicted octanol–water partition coefficient (Wildman–Crippen LogP) is 0.947. The van der Waals surface area contributed by atoms with Crippen LogP contribution in [0.5, 0.6) is 0 Å². The Morgan fingerprint density at radius 1 is 1.23 bits per heavy atom. The van der Waals surface area contributed by atoms with Gasteiger partial charge in [-0.15, -0.1) is 0 Å². The Kier molecular flexibility index (Phi) is 4.70. The molecule has 0 aliphatic carbocycles. The van der Waals surface area contributed by atoms with E-state index in [0.717, 1.165) is 19.4 Å². The molecule has 2 saturated heterocycles. The van der Waals surface area contributed by atoms with Crippen molar-refractivity contribution in [1.29, 1.82) is 0 Å². The third-order valence-corrected chi connectivity index (χ3v) is 4.99. The SMILES string of the molecule is COC(=O)/C=C/[C@@]1(C)[C@@H](C(C)=O)[C@H](C(=O)OC)[C@H]2CCCN21. The van der Waals surface area contributed by atoms with Crippen LogP contribution in [0.15, 0.2) is 12.2 Å². The van der Waals surface area contributed by atoms with Gasteiger partial charge in [0.1, 0.15) is 5.78 Å². The standard InChI is InChI=1S/C16H23NO5/c1-10(18)14-13(15(20)22-4)11-6-5-9-17(11)16(14,2)8-7-12(19)21-3/h7-8,11,13-14H,5-6,9H2,1-4H3/b8-7+/t11-,13-,14+,16+/m1/s1. The highest BCUT2D eigenvalue weighted by Crippen LogP contribution is 2.49. The van der Waals surface area contributed by atoms with E-state index >= 15 is 0 Å². The molecule has 22 heavy (non-hydrogen) atoms. The number of ketones is 1. The molecule has 0 saturated carbocycles. The summed E-state index contributed by atoms with van der Waals surface area (Å²) in [7, 11) is 2.65. The van der Waals surface area contributed by atoms with Crippen LogP contribution in [0.2, 0.25) is 0 Å². The van der Waals surface area contributed by atoms with Gasteiger partial charge < -0.3 is 9.47 Å². The lowest BCUT2D eigenvalue weighted by molar-refractivity contribution is -0.149. The van der Waals surface area contributed by atoms with Crippen molar-refractivity contribution in [3.63, 3.8) is 0 Å². The van der Waals surface area contributed by atoms with E-state index in [9.17, 15) is 14.4 Å². The second kappa shape index (κ2) is 6.20. The highest BCUT2D eigenvalue weighted by molar-refractivity contribution is 5.89. The molecule has 0 unspecified atom stereocenters. The third-order valence-electron chi connectivity index (χ3n) is 4.99. The van der Waals surface area contributed by atoms with Gasteiger partial charge in [0.25, 0.3) is 0 Å². The molecule has 2 fully saturated rings. The maximum atomic E-state index is 12.3. The maximum Gasteiger partial charge on any atom is 0.330 e. The molecule has 2 rings (SSSR count). The van der Waals surface area contributed by atoms with Gasteiger partial charge in [0, 0.05) is 17.7 Å². The zero-order valence-electron chi connectivity index (χ0n) is 13.5.